The lowest BCUT2D eigenvalue weighted by Gasteiger charge is -2.61. The summed E-state index contributed by atoms with van der Waals surface area (Å²) in [5.74, 6) is 3.92. The van der Waals surface area contributed by atoms with E-state index in [1.807, 2.05) is 11.8 Å². The van der Waals surface area contributed by atoms with Crippen LogP contribution in [0, 0.1) is 34.5 Å². The predicted octanol–water partition coefficient (Wildman–Crippen LogP) is 6.93. The van der Waals surface area contributed by atoms with E-state index in [0.29, 0.717) is 22.5 Å². The van der Waals surface area contributed by atoms with Gasteiger partial charge in [0.05, 0.1) is 0 Å². The first-order chi connectivity index (χ1) is 13.5. The van der Waals surface area contributed by atoms with Crippen LogP contribution in [0.2, 0.25) is 0 Å². The Hall–Kier alpha value is -0.760. The summed E-state index contributed by atoms with van der Waals surface area (Å²) in [4.78, 5) is 13.7. The highest BCUT2D eigenvalue weighted by atomic mass is 32.2. The number of carbonyl (C=O) groups excluding carboxylic acids is 1. The van der Waals surface area contributed by atoms with E-state index in [1.54, 1.807) is 0 Å². The second-order valence-corrected chi connectivity index (χ2v) is 11.6. The van der Waals surface area contributed by atoms with Crippen molar-refractivity contribution < 1.29 is 4.79 Å². The Morgan fingerprint density at radius 1 is 1.00 bits per heavy atom. The van der Waals surface area contributed by atoms with Gasteiger partial charge in [-0.3, -0.25) is 4.79 Å². The van der Waals surface area contributed by atoms with Crippen LogP contribution < -0.4 is 0 Å². The number of ketones is 1. The van der Waals surface area contributed by atoms with E-state index >= 15 is 0 Å². The molecule has 0 aliphatic heterocycles. The fraction of sp³-hybridized carbons (Fsp3) is 0.731. The van der Waals surface area contributed by atoms with Gasteiger partial charge in [0.15, 0.2) is 0 Å². The fourth-order valence-electron chi connectivity index (χ4n) is 8.31. The number of hydrogen-bond donors (Lipinski definition) is 0. The Bertz CT molecular complexity index is 739. The van der Waals surface area contributed by atoms with Gasteiger partial charge < -0.3 is 0 Å². The van der Waals surface area contributed by atoms with Crippen LogP contribution in [-0.4, -0.2) is 12.0 Å². The van der Waals surface area contributed by atoms with E-state index in [-0.39, 0.29) is 0 Å². The first-order valence-corrected chi connectivity index (χ1v) is 12.9. The van der Waals surface area contributed by atoms with E-state index < -0.39 is 0 Å². The normalized spacial score (nSPS) is 42.6. The van der Waals surface area contributed by atoms with Crippen molar-refractivity contribution in [3.8, 4) is 0 Å². The third kappa shape index (κ3) is 3.01. The average molecular weight is 397 g/mol. The van der Waals surface area contributed by atoms with Gasteiger partial charge in [0.2, 0.25) is 0 Å². The summed E-state index contributed by atoms with van der Waals surface area (Å²) >= 11 is 1.83. The molecule has 1 unspecified atom stereocenters. The van der Waals surface area contributed by atoms with E-state index in [9.17, 15) is 4.79 Å². The van der Waals surface area contributed by atoms with Crippen LogP contribution in [0.3, 0.4) is 0 Å². The maximum atomic E-state index is 12.4. The van der Waals surface area contributed by atoms with Gasteiger partial charge in [-0.25, -0.2) is 0 Å². The van der Waals surface area contributed by atoms with Crippen molar-refractivity contribution in [2.24, 2.45) is 34.5 Å². The van der Waals surface area contributed by atoms with Crippen LogP contribution in [0.5, 0.6) is 0 Å². The highest BCUT2D eigenvalue weighted by molar-refractivity contribution is 7.98. The van der Waals surface area contributed by atoms with Gasteiger partial charge >= 0.3 is 0 Å². The van der Waals surface area contributed by atoms with Gasteiger partial charge in [0.25, 0.3) is 0 Å². The maximum Gasteiger partial charge on any atom is 0.133 e. The van der Waals surface area contributed by atoms with Crippen molar-refractivity contribution >= 4 is 17.5 Å². The van der Waals surface area contributed by atoms with Gasteiger partial charge in [-0.05, 0) is 110 Å². The number of hydrogen-bond acceptors (Lipinski definition) is 2. The summed E-state index contributed by atoms with van der Waals surface area (Å²) in [6, 6.07) is 9.35. The third-order valence-electron chi connectivity index (χ3n) is 9.65. The number of benzene rings is 1. The van der Waals surface area contributed by atoms with Crippen molar-refractivity contribution in [1.29, 1.82) is 0 Å². The molecule has 0 aromatic heterocycles. The summed E-state index contributed by atoms with van der Waals surface area (Å²) < 4.78 is 0. The molecule has 28 heavy (non-hydrogen) atoms. The minimum Gasteiger partial charge on any atom is -0.300 e. The van der Waals surface area contributed by atoms with E-state index in [0.717, 1.165) is 37.0 Å². The first-order valence-electron chi connectivity index (χ1n) is 11.7. The molecule has 0 saturated heterocycles. The van der Waals surface area contributed by atoms with Crippen LogP contribution in [0.15, 0.2) is 29.2 Å². The van der Waals surface area contributed by atoms with Crippen molar-refractivity contribution in [3.05, 3.63) is 29.8 Å². The highest BCUT2D eigenvalue weighted by Gasteiger charge is 2.59. The molecule has 0 N–H and O–H groups in total. The van der Waals surface area contributed by atoms with Crippen LogP contribution in [0.4, 0.5) is 0 Å². The van der Waals surface area contributed by atoms with Crippen molar-refractivity contribution in [3.63, 3.8) is 0 Å². The lowest BCUT2D eigenvalue weighted by molar-refractivity contribution is -0.141. The number of fused-ring (bicyclic) bond motifs is 5. The van der Waals surface area contributed by atoms with Gasteiger partial charge in [-0.2, -0.15) is 0 Å². The molecule has 1 aromatic rings. The first kappa shape index (κ1) is 19.2. The summed E-state index contributed by atoms with van der Waals surface area (Å²) in [7, 11) is 0. The molecule has 4 fully saturated rings. The second-order valence-electron chi connectivity index (χ2n) is 10.7. The predicted molar refractivity (Wildman–Crippen MR) is 118 cm³/mol. The molecule has 0 radical (unpaired) electrons. The Morgan fingerprint density at radius 3 is 2.61 bits per heavy atom. The van der Waals surface area contributed by atoms with Crippen LogP contribution in [-0.2, 0) is 11.2 Å². The SMILES string of the molecule is CSc1ccc(C[C@]23CCC(=O)CC2CC[C@@H]2[C@H]3CC[C@]3(C)CCC[C@@H]23)cc1. The van der Waals surface area contributed by atoms with Crippen molar-refractivity contribution in [2.45, 2.75) is 82.4 Å². The lowest BCUT2D eigenvalue weighted by Crippen LogP contribution is -2.55. The van der Waals surface area contributed by atoms with E-state index in [4.69, 9.17) is 0 Å². The van der Waals surface area contributed by atoms with Gasteiger partial charge in [0.1, 0.15) is 5.78 Å². The molecule has 2 heteroatoms. The Balaban J connectivity index is 1.49. The fourth-order valence-corrected chi connectivity index (χ4v) is 8.72. The molecule has 0 bridgehead atoms. The summed E-state index contributed by atoms with van der Waals surface area (Å²) in [6.07, 6.45) is 16.2. The molecular weight excluding hydrogens is 360 g/mol. The molecule has 0 amide bonds. The zero-order valence-corrected chi connectivity index (χ0v) is 18.5. The number of rotatable bonds is 3. The largest absolute Gasteiger partial charge is 0.300 e. The molecule has 4 aliphatic carbocycles. The van der Waals surface area contributed by atoms with Crippen molar-refractivity contribution in [2.75, 3.05) is 6.26 Å². The molecule has 1 aromatic carbocycles. The van der Waals surface area contributed by atoms with Crippen LogP contribution >= 0.6 is 11.8 Å². The minimum atomic E-state index is 0.390. The monoisotopic (exact) mass is 396 g/mol. The Morgan fingerprint density at radius 2 is 1.82 bits per heavy atom. The molecule has 0 spiro atoms. The van der Waals surface area contributed by atoms with Gasteiger partial charge in [-0.1, -0.05) is 25.5 Å². The number of thioether (sulfide) groups is 1. The Kier molecular flexibility index (Phi) is 4.93. The highest BCUT2D eigenvalue weighted by Crippen LogP contribution is 2.66. The lowest BCUT2D eigenvalue weighted by atomic mass is 9.43. The number of carbonyl (C=O) groups is 1. The molecule has 1 nitrogen and oxygen atoms in total. The van der Waals surface area contributed by atoms with E-state index in [1.165, 1.54) is 61.8 Å². The van der Waals surface area contributed by atoms with E-state index in [2.05, 4.69) is 37.4 Å². The zero-order chi connectivity index (χ0) is 19.4. The van der Waals surface area contributed by atoms with Crippen LogP contribution in [0.1, 0.15) is 76.7 Å². The maximum absolute atomic E-state index is 12.4. The molecule has 4 saturated carbocycles. The molecular formula is C26H36OS. The quantitative estimate of drug-likeness (QED) is 0.515. The summed E-state index contributed by atoms with van der Waals surface area (Å²) in [5.41, 5.74) is 2.53. The standard InChI is InChI=1S/C26H36OS/c1-25-13-3-4-23(25)22-10-7-19-16-20(27)11-15-26(19,24(22)12-14-25)17-18-5-8-21(28-2)9-6-18/h5-6,8-9,19,22-24H,3-4,7,10-17H2,1-2H3/t19?,22-,23-,24+,25-,26+/m0/s1. The smallest absolute Gasteiger partial charge is 0.133 e. The van der Waals surface area contributed by atoms with Crippen molar-refractivity contribution in [1.82, 2.24) is 0 Å². The third-order valence-corrected chi connectivity index (χ3v) is 10.4. The second kappa shape index (κ2) is 7.18. The summed E-state index contributed by atoms with van der Waals surface area (Å²) in [5, 5.41) is 0. The summed E-state index contributed by atoms with van der Waals surface area (Å²) in [6.45, 7) is 2.60. The molecule has 0 heterocycles. The van der Waals surface area contributed by atoms with Crippen LogP contribution in [0.25, 0.3) is 0 Å². The van der Waals surface area contributed by atoms with Gasteiger partial charge in [0, 0.05) is 17.7 Å². The van der Waals surface area contributed by atoms with Gasteiger partial charge in [-0.15, -0.1) is 11.8 Å². The molecule has 5 rings (SSSR count). The zero-order valence-electron chi connectivity index (χ0n) is 17.7. The molecule has 152 valence electrons. The average Bonchev–Trinajstić information content (AvgIpc) is 3.11. The number of Topliss-reactive ketones (excluding diaryl/α,β-unsaturated/α-hetero) is 1. The Labute approximate surface area is 175 Å². The topological polar surface area (TPSA) is 17.1 Å². The molecule has 4 aliphatic rings. The molecule has 6 atom stereocenters. The minimum absolute atomic E-state index is 0.390.